The Bertz CT molecular complexity index is 903. The third-order valence-corrected chi connectivity index (χ3v) is 5.26. The Hall–Kier alpha value is -2.69. The molecule has 1 atom stereocenters. The summed E-state index contributed by atoms with van der Waals surface area (Å²) in [6.07, 6.45) is 4.41. The van der Waals surface area contributed by atoms with E-state index in [0.29, 0.717) is 5.56 Å². The predicted molar refractivity (Wildman–Crippen MR) is 102 cm³/mol. The average molecular weight is 348 g/mol. The topological polar surface area (TPSA) is 51.0 Å². The minimum atomic E-state index is 0.0914. The number of carbonyl (C=O) groups excluding carboxylic acids is 1. The molecule has 1 unspecified atom stereocenters. The van der Waals surface area contributed by atoms with Gasteiger partial charge in [-0.3, -0.25) is 4.79 Å². The fourth-order valence-corrected chi connectivity index (χ4v) is 3.88. The Labute approximate surface area is 153 Å². The van der Waals surface area contributed by atoms with E-state index in [9.17, 15) is 4.79 Å². The average Bonchev–Trinajstić information content (AvgIpc) is 2.94. The summed E-state index contributed by atoms with van der Waals surface area (Å²) >= 11 is 0. The van der Waals surface area contributed by atoms with Gasteiger partial charge < -0.3 is 4.90 Å². The molecule has 1 saturated heterocycles. The number of aryl methyl sites for hydroxylation is 1. The van der Waals surface area contributed by atoms with Crippen LogP contribution in [-0.4, -0.2) is 32.3 Å². The van der Waals surface area contributed by atoms with Gasteiger partial charge >= 0.3 is 0 Å². The molecule has 4 rings (SSSR count). The second-order valence-electron chi connectivity index (χ2n) is 6.88. The highest BCUT2D eigenvalue weighted by atomic mass is 16.2. The number of carbonyl (C=O) groups is 1. The third kappa shape index (κ3) is 3.09. The molecule has 2 heterocycles. The molecule has 1 aliphatic rings. The van der Waals surface area contributed by atoms with E-state index in [2.05, 4.69) is 34.6 Å². The molecule has 1 aliphatic heterocycles. The number of hydrogen-bond acceptors (Lipinski definition) is 3. The lowest BCUT2D eigenvalue weighted by molar-refractivity contribution is 0.0681. The van der Waals surface area contributed by atoms with Crippen LogP contribution >= 0.6 is 0 Å². The molecule has 0 spiro atoms. The number of nitrogens with zero attached hydrogens (tertiary/aromatic N) is 4. The van der Waals surface area contributed by atoms with E-state index in [1.165, 1.54) is 12.0 Å². The summed E-state index contributed by atoms with van der Waals surface area (Å²) in [6.45, 7) is 3.61. The lowest BCUT2D eigenvalue weighted by Crippen LogP contribution is -2.34. The summed E-state index contributed by atoms with van der Waals surface area (Å²) in [6, 6.07) is 16.3. The molecule has 0 aliphatic carbocycles. The van der Waals surface area contributed by atoms with Crippen LogP contribution in [0.5, 0.6) is 0 Å². The van der Waals surface area contributed by atoms with Gasteiger partial charge in [-0.05, 0) is 43.5 Å². The second kappa shape index (κ2) is 7.28. The summed E-state index contributed by atoms with van der Waals surface area (Å²) < 4.78 is 1.85. The van der Waals surface area contributed by atoms with Crippen molar-refractivity contribution in [3.05, 3.63) is 59.7 Å². The maximum atomic E-state index is 13.3. The van der Waals surface area contributed by atoms with Crippen molar-refractivity contribution in [2.75, 3.05) is 6.54 Å². The molecule has 1 fully saturated rings. The molecular weight excluding hydrogens is 324 g/mol. The fourth-order valence-electron chi connectivity index (χ4n) is 3.88. The maximum Gasteiger partial charge on any atom is 0.254 e. The molecule has 1 amide bonds. The monoisotopic (exact) mass is 348 g/mol. The zero-order valence-corrected chi connectivity index (χ0v) is 15.1. The van der Waals surface area contributed by atoms with Crippen molar-refractivity contribution in [2.24, 2.45) is 0 Å². The van der Waals surface area contributed by atoms with Crippen LogP contribution in [0.1, 0.15) is 54.6 Å². The van der Waals surface area contributed by atoms with Gasteiger partial charge in [0.2, 0.25) is 0 Å². The Balaban J connectivity index is 1.68. The van der Waals surface area contributed by atoms with Crippen molar-refractivity contribution in [1.82, 2.24) is 19.9 Å². The van der Waals surface area contributed by atoms with Gasteiger partial charge in [0.05, 0.1) is 11.6 Å². The molecule has 0 N–H and O–H groups in total. The maximum absolute atomic E-state index is 13.3. The van der Waals surface area contributed by atoms with Gasteiger partial charge in [-0.1, -0.05) is 48.4 Å². The minimum Gasteiger partial charge on any atom is -0.332 e. The number of fused-ring (bicyclic) bond motifs is 1. The molecule has 134 valence electrons. The molecule has 3 aromatic rings. The molecule has 0 bridgehead atoms. The first-order valence-electron chi connectivity index (χ1n) is 9.47. The van der Waals surface area contributed by atoms with Crippen molar-refractivity contribution in [3.8, 4) is 0 Å². The fraction of sp³-hybridized carbons (Fsp3) is 0.381. The highest BCUT2D eigenvalue weighted by Crippen LogP contribution is 2.31. The van der Waals surface area contributed by atoms with Crippen LogP contribution in [0.3, 0.4) is 0 Å². The Morgan fingerprint density at radius 3 is 2.77 bits per heavy atom. The third-order valence-electron chi connectivity index (χ3n) is 5.26. The molecule has 5 heteroatoms. The first-order valence-corrected chi connectivity index (χ1v) is 9.47. The number of aromatic nitrogens is 3. The lowest BCUT2D eigenvalue weighted by atomic mass is 10.00. The van der Waals surface area contributed by atoms with Gasteiger partial charge in [0.15, 0.2) is 0 Å². The molecule has 1 aromatic heterocycles. The summed E-state index contributed by atoms with van der Waals surface area (Å²) in [5, 5.41) is 8.36. The van der Waals surface area contributed by atoms with Crippen molar-refractivity contribution < 1.29 is 4.79 Å². The van der Waals surface area contributed by atoms with Crippen molar-refractivity contribution >= 4 is 16.9 Å². The summed E-state index contributed by atoms with van der Waals surface area (Å²) in [7, 11) is 0. The summed E-state index contributed by atoms with van der Waals surface area (Å²) in [5.74, 6) is 0.0914. The van der Waals surface area contributed by atoms with Crippen LogP contribution < -0.4 is 0 Å². The van der Waals surface area contributed by atoms with E-state index in [0.717, 1.165) is 43.4 Å². The molecule has 26 heavy (non-hydrogen) atoms. The highest BCUT2D eigenvalue weighted by molar-refractivity contribution is 5.97. The van der Waals surface area contributed by atoms with Gasteiger partial charge in [0.1, 0.15) is 5.52 Å². The number of hydrogen-bond donors (Lipinski definition) is 0. The molecule has 0 saturated carbocycles. The van der Waals surface area contributed by atoms with E-state index >= 15 is 0 Å². The van der Waals surface area contributed by atoms with Gasteiger partial charge in [0, 0.05) is 18.7 Å². The van der Waals surface area contributed by atoms with Crippen molar-refractivity contribution in [1.29, 1.82) is 0 Å². The zero-order chi connectivity index (χ0) is 17.9. The van der Waals surface area contributed by atoms with Gasteiger partial charge in [0.25, 0.3) is 5.91 Å². The first-order chi connectivity index (χ1) is 12.8. The lowest BCUT2D eigenvalue weighted by Gasteiger charge is -2.30. The Morgan fingerprint density at radius 2 is 1.96 bits per heavy atom. The van der Waals surface area contributed by atoms with Gasteiger partial charge in [-0.2, -0.15) is 0 Å². The van der Waals surface area contributed by atoms with Crippen LogP contribution in [0.4, 0.5) is 0 Å². The molecule has 0 radical (unpaired) electrons. The second-order valence-corrected chi connectivity index (χ2v) is 6.88. The molecular formula is C21H24N4O. The van der Waals surface area contributed by atoms with Crippen LogP contribution in [0, 0.1) is 0 Å². The van der Waals surface area contributed by atoms with Crippen LogP contribution in [-0.2, 0) is 6.54 Å². The smallest absolute Gasteiger partial charge is 0.254 e. The van der Waals surface area contributed by atoms with Gasteiger partial charge in [-0.25, -0.2) is 4.68 Å². The number of likely N-dealkylation sites (tertiary alicyclic amines) is 1. The van der Waals surface area contributed by atoms with E-state index in [-0.39, 0.29) is 11.9 Å². The van der Waals surface area contributed by atoms with Crippen molar-refractivity contribution in [3.63, 3.8) is 0 Å². The first kappa shape index (κ1) is 16.8. The quantitative estimate of drug-likeness (QED) is 0.712. The normalized spacial score (nSPS) is 18.0. The van der Waals surface area contributed by atoms with Gasteiger partial charge in [-0.15, -0.1) is 5.10 Å². The Morgan fingerprint density at radius 1 is 1.12 bits per heavy atom. The van der Waals surface area contributed by atoms with Crippen LogP contribution in [0.2, 0.25) is 0 Å². The number of amides is 1. The van der Waals surface area contributed by atoms with Crippen LogP contribution in [0.25, 0.3) is 11.0 Å². The van der Waals surface area contributed by atoms with Crippen molar-refractivity contribution in [2.45, 2.75) is 45.2 Å². The SMILES string of the molecule is CCn1nnc2cc(C(=O)N3CCCCCC3c3ccccc3)ccc21. The molecule has 2 aromatic carbocycles. The van der Waals surface area contributed by atoms with E-state index in [1.807, 2.05) is 40.8 Å². The summed E-state index contributed by atoms with van der Waals surface area (Å²) in [5.41, 5.74) is 3.67. The molecule has 5 nitrogen and oxygen atoms in total. The predicted octanol–water partition coefficient (Wildman–Crippen LogP) is 4.21. The van der Waals surface area contributed by atoms with E-state index < -0.39 is 0 Å². The van der Waals surface area contributed by atoms with Crippen LogP contribution in [0.15, 0.2) is 48.5 Å². The van der Waals surface area contributed by atoms with E-state index in [1.54, 1.807) is 0 Å². The minimum absolute atomic E-state index is 0.0914. The number of benzene rings is 2. The number of rotatable bonds is 3. The largest absolute Gasteiger partial charge is 0.332 e. The van der Waals surface area contributed by atoms with E-state index in [4.69, 9.17) is 0 Å². The zero-order valence-electron chi connectivity index (χ0n) is 15.1. The Kier molecular flexibility index (Phi) is 4.69. The highest BCUT2D eigenvalue weighted by Gasteiger charge is 2.27. The summed E-state index contributed by atoms with van der Waals surface area (Å²) in [4.78, 5) is 15.4. The standard InChI is InChI=1S/C21H24N4O/c1-2-25-20-13-12-17(15-18(20)22-23-25)21(26)24-14-8-4-7-11-19(24)16-9-5-3-6-10-16/h3,5-6,9-10,12-13,15,19H,2,4,7-8,11,14H2,1H3.